The maximum absolute atomic E-state index is 12.1. The zero-order valence-electron chi connectivity index (χ0n) is 10.2. The molecule has 0 fully saturated rings. The van der Waals surface area contributed by atoms with Gasteiger partial charge >= 0.3 is 11.7 Å². The van der Waals surface area contributed by atoms with Crippen LogP contribution in [0.4, 0.5) is 0 Å². The lowest BCUT2D eigenvalue weighted by molar-refractivity contribution is 0.0660. The molecule has 1 aliphatic rings. The van der Waals surface area contributed by atoms with Crippen LogP contribution < -0.4 is 5.69 Å². The highest BCUT2D eigenvalue weighted by molar-refractivity contribution is 5.86. The average Bonchev–Trinajstić information content (AvgIpc) is 2.97. The molecule has 7 heteroatoms. The van der Waals surface area contributed by atoms with E-state index in [0.29, 0.717) is 12.1 Å². The quantitative estimate of drug-likeness (QED) is 0.881. The molecule has 0 saturated carbocycles. The summed E-state index contributed by atoms with van der Waals surface area (Å²) in [7, 11) is 0. The number of carbonyl (C=O) groups is 1. The van der Waals surface area contributed by atoms with Crippen molar-refractivity contribution in [2.45, 2.75) is 32.4 Å². The van der Waals surface area contributed by atoms with Crippen LogP contribution in [0.3, 0.4) is 0 Å². The van der Waals surface area contributed by atoms with E-state index in [4.69, 9.17) is 9.52 Å². The molecule has 0 saturated heterocycles. The van der Waals surface area contributed by atoms with Gasteiger partial charge in [0.15, 0.2) is 0 Å². The first-order chi connectivity index (χ1) is 9.16. The molecular weight excluding hydrogens is 250 g/mol. The maximum Gasteiger partial charge on any atom is 0.372 e. The Balaban J connectivity index is 1.96. The maximum atomic E-state index is 12.1. The summed E-state index contributed by atoms with van der Waals surface area (Å²) in [6.45, 7) is 0.808. The first-order valence-electron chi connectivity index (χ1n) is 6.13. The van der Waals surface area contributed by atoms with Crippen molar-refractivity contribution in [1.82, 2.24) is 14.3 Å². The predicted molar refractivity (Wildman–Crippen MR) is 64.2 cm³/mol. The van der Waals surface area contributed by atoms with Gasteiger partial charge in [-0.25, -0.2) is 14.3 Å². The number of aromatic nitrogens is 3. The number of hydrogen-bond acceptors (Lipinski definition) is 4. The van der Waals surface area contributed by atoms with Crippen LogP contribution in [0, 0.1) is 0 Å². The lowest BCUT2D eigenvalue weighted by Gasteiger charge is -2.09. The minimum atomic E-state index is -1.14. The molecule has 3 heterocycles. The summed E-state index contributed by atoms with van der Waals surface area (Å²) >= 11 is 0. The number of carboxylic acids is 1. The molecule has 0 amide bonds. The van der Waals surface area contributed by atoms with E-state index in [1.54, 1.807) is 10.6 Å². The molecule has 2 aromatic rings. The highest BCUT2D eigenvalue weighted by Crippen LogP contribution is 2.13. The van der Waals surface area contributed by atoms with Crippen LogP contribution in [0.15, 0.2) is 21.5 Å². The Kier molecular flexibility index (Phi) is 2.73. The van der Waals surface area contributed by atoms with Crippen molar-refractivity contribution in [2.24, 2.45) is 0 Å². The van der Waals surface area contributed by atoms with Gasteiger partial charge in [0.05, 0.1) is 12.8 Å². The van der Waals surface area contributed by atoms with Crippen molar-refractivity contribution in [2.75, 3.05) is 0 Å². The largest absolute Gasteiger partial charge is 0.475 e. The van der Waals surface area contributed by atoms with Gasteiger partial charge < -0.3 is 9.52 Å². The second kappa shape index (κ2) is 4.42. The Morgan fingerprint density at radius 1 is 1.47 bits per heavy atom. The molecule has 0 radical (unpaired) electrons. The molecule has 1 aliphatic heterocycles. The summed E-state index contributed by atoms with van der Waals surface area (Å²) < 4.78 is 7.85. The molecule has 1 N–H and O–H groups in total. The second-order valence-electron chi connectivity index (χ2n) is 4.55. The number of hydrogen-bond donors (Lipinski definition) is 1. The van der Waals surface area contributed by atoms with Crippen LogP contribution in [0.1, 0.15) is 34.8 Å². The fourth-order valence-corrected chi connectivity index (χ4v) is 2.36. The summed E-state index contributed by atoms with van der Waals surface area (Å²) in [6, 6.07) is 1.55. The number of furan rings is 1. The zero-order chi connectivity index (χ0) is 13.4. The SMILES string of the molecule is O=C(O)c1occc1Cn1nc2n(c1=O)CCCC2. The lowest BCUT2D eigenvalue weighted by atomic mass is 10.2. The van der Waals surface area contributed by atoms with E-state index in [1.807, 2.05) is 0 Å². The van der Waals surface area contributed by atoms with Crippen LogP contribution in [-0.4, -0.2) is 25.4 Å². The smallest absolute Gasteiger partial charge is 0.372 e. The van der Waals surface area contributed by atoms with E-state index in [-0.39, 0.29) is 18.0 Å². The van der Waals surface area contributed by atoms with Gasteiger partial charge in [-0.2, -0.15) is 5.10 Å². The number of carboxylic acid groups (broad SMARTS) is 1. The summed E-state index contributed by atoms with van der Waals surface area (Å²) in [5.41, 5.74) is 0.261. The molecule has 0 spiro atoms. The van der Waals surface area contributed by atoms with E-state index < -0.39 is 5.97 Å². The molecule has 3 rings (SSSR count). The Morgan fingerprint density at radius 3 is 3.05 bits per heavy atom. The van der Waals surface area contributed by atoms with E-state index in [1.165, 1.54) is 10.9 Å². The van der Waals surface area contributed by atoms with Gasteiger partial charge in [0.1, 0.15) is 5.82 Å². The third-order valence-corrected chi connectivity index (χ3v) is 3.29. The number of aryl methyl sites for hydroxylation is 1. The number of rotatable bonds is 3. The second-order valence-corrected chi connectivity index (χ2v) is 4.55. The minimum absolute atomic E-state index is 0.122. The van der Waals surface area contributed by atoms with E-state index >= 15 is 0 Å². The van der Waals surface area contributed by atoms with Gasteiger partial charge in [0.25, 0.3) is 0 Å². The summed E-state index contributed by atoms with van der Waals surface area (Å²) in [5.74, 6) is -0.508. The number of fused-ring (bicyclic) bond motifs is 1. The molecule has 0 aromatic carbocycles. The van der Waals surface area contributed by atoms with Crippen LogP contribution in [-0.2, 0) is 19.5 Å². The highest BCUT2D eigenvalue weighted by Gasteiger charge is 2.19. The first kappa shape index (κ1) is 11.8. The normalized spacial score (nSPS) is 14.3. The van der Waals surface area contributed by atoms with Crippen LogP contribution in [0.25, 0.3) is 0 Å². The van der Waals surface area contributed by atoms with Gasteiger partial charge in [-0.3, -0.25) is 4.57 Å². The average molecular weight is 263 g/mol. The highest BCUT2D eigenvalue weighted by atomic mass is 16.4. The molecular formula is C12H13N3O4. The standard InChI is InChI=1S/C12H13N3O4/c16-11(17)10-8(4-6-19-10)7-15-12(18)14-5-2-1-3-9(14)13-15/h4,6H,1-3,5,7H2,(H,16,17). The molecule has 19 heavy (non-hydrogen) atoms. The predicted octanol–water partition coefficient (Wildman–Crippen LogP) is 0.721. The Hall–Kier alpha value is -2.31. The third-order valence-electron chi connectivity index (χ3n) is 3.29. The fraction of sp³-hybridized carbons (Fsp3) is 0.417. The number of aromatic carboxylic acids is 1. The van der Waals surface area contributed by atoms with Crippen LogP contribution >= 0.6 is 0 Å². The topological polar surface area (TPSA) is 90.3 Å². The van der Waals surface area contributed by atoms with Crippen molar-refractivity contribution >= 4 is 5.97 Å². The van der Waals surface area contributed by atoms with E-state index in [2.05, 4.69) is 5.10 Å². The Morgan fingerprint density at radius 2 is 2.32 bits per heavy atom. The van der Waals surface area contributed by atoms with Gasteiger partial charge in [0, 0.05) is 18.5 Å². The van der Waals surface area contributed by atoms with E-state index in [0.717, 1.165) is 25.1 Å². The molecule has 0 atom stereocenters. The zero-order valence-corrected chi connectivity index (χ0v) is 10.2. The fourth-order valence-electron chi connectivity index (χ4n) is 2.36. The Labute approximate surface area is 108 Å². The van der Waals surface area contributed by atoms with Gasteiger partial charge in [0.2, 0.25) is 5.76 Å². The van der Waals surface area contributed by atoms with Crippen molar-refractivity contribution < 1.29 is 14.3 Å². The van der Waals surface area contributed by atoms with Crippen LogP contribution in [0.5, 0.6) is 0 Å². The first-order valence-corrected chi connectivity index (χ1v) is 6.13. The van der Waals surface area contributed by atoms with Crippen molar-refractivity contribution in [1.29, 1.82) is 0 Å². The van der Waals surface area contributed by atoms with Crippen molar-refractivity contribution in [3.63, 3.8) is 0 Å². The minimum Gasteiger partial charge on any atom is -0.475 e. The monoisotopic (exact) mass is 263 g/mol. The summed E-state index contributed by atoms with van der Waals surface area (Å²) in [4.78, 5) is 23.1. The summed E-state index contributed by atoms with van der Waals surface area (Å²) in [6.07, 6.45) is 4.10. The molecule has 0 unspecified atom stereocenters. The molecule has 0 aliphatic carbocycles. The number of nitrogens with zero attached hydrogens (tertiary/aromatic N) is 3. The summed E-state index contributed by atoms with van der Waals surface area (Å²) in [5, 5.41) is 13.2. The van der Waals surface area contributed by atoms with Gasteiger partial charge in [-0.05, 0) is 18.9 Å². The molecule has 0 bridgehead atoms. The lowest BCUT2D eigenvalue weighted by Crippen LogP contribution is -2.27. The van der Waals surface area contributed by atoms with Crippen molar-refractivity contribution in [3.05, 3.63) is 40.0 Å². The van der Waals surface area contributed by atoms with Crippen LogP contribution in [0.2, 0.25) is 0 Å². The molecule has 2 aromatic heterocycles. The van der Waals surface area contributed by atoms with E-state index in [9.17, 15) is 9.59 Å². The Bertz CT molecular complexity index is 679. The van der Waals surface area contributed by atoms with Gasteiger partial charge in [-0.1, -0.05) is 0 Å². The van der Waals surface area contributed by atoms with Gasteiger partial charge in [-0.15, -0.1) is 0 Å². The molecule has 7 nitrogen and oxygen atoms in total. The third kappa shape index (κ3) is 1.96. The molecule has 100 valence electrons. The van der Waals surface area contributed by atoms with Crippen molar-refractivity contribution in [3.8, 4) is 0 Å².